The van der Waals surface area contributed by atoms with Gasteiger partial charge in [0.2, 0.25) is 0 Å². The van der Waals surface area contributed by atoms with Crippen LogP contribution in [0.5, 0.6) is 0 Å². The van der Waals surface area contributed by atoms with Crippen molar-refractivity contribution in [3.8, 4) is 11.8 Å². The summed E-state index contributed by atoms with van der Waals surface area (Å²) in [4.78, 5) is 2.42. The van der Waals surface area contributed by atoms with Crippen molar-refractivity contribution >= 4 is 0 Å². The van der Waals surface area contributed by atoms with E-state index >= 15 is 0 Å². The number of rotatable bonds is 1. The summed E-state index contributed by atoms with van der Waals surface area (Å²) in [5, 5.41) is 3.08. The largest absolute Gasteiger partial charge is 0.416 e. The van der Waals surface area contributed by atoms with Crippen LogP contribution in [0.4, 0.5) is 17.6 Å². The molecule has 0 aromatic heterocycles. The average molecular weight is 243 g/mol. The summed E-state index contributed by atoms with van der Waals surface area (Å²) in [6.07, 6.45) is -4.59. The molecule has 0 N–H and O–H groups in total. The molecule has 0 bridgehead atoms. The van der Waals surface area contributed by atoms with Crippen LogP contribution < -0.4 is 0 Å². The highest BCUT2D eigenvalue weighted by Gasteiger charge is 2.30. The molecule has 0 amide bonds. The lowest BCUT2D eigenvalue weighted by atomic mass is 10.1. The van der Waals surface area contributed by atoms with E-state index in [2.05, 4.69) is 21.9 Å². The highest BCUT2D eigenvalue weighted by Crippen LogP contribution is 2.29. The van der Waals surface area contributed by atoms with Gasteiger partial charge in [-0.2, -0.15) is 13.2 Å². The van der Waals surface area contributed by atoms with E-state index in [1.54, 1.807) is 0 Å². The lowest BCUT2D eigenvalue weighted by molar-refractivity contribution is -0.137. The van der Waals surface area contributed by atoms with Gasteiger partial charge < -0.3 is 0 Å². The van der Waals surface area contributed by atoms with Crippen molar-refractivity contribution in [2.24, 2.45) is 5.11 Å². The first kappa shape index (κ1) is 12.9. The fourth-order valence-corrected chi connectivity index (χ4v) is 0.995. The van der Waals surface area contributed by atoms with E-state index < -0.39 is 17.6 Å². The zero-order valence-electron chi connectivity index (χ0n) is 8.29. The first-order valence-electron chi connectivity index (χ1n) is 4.31. The molecule has 0 fully saturated rings. The Hall–Kier alpha value is -2.19. The fourth-order valence-electron chi connectivity index (χ4n) is 0.995. The maximum atomic E-state index is 13.2. The number of hydrogen-bond acceptors (Lipinski definition) is 1. The van der Waals surface area contributed by atoms with Crippen molar-refractivity contribution in [1.82, 2.24) is 0 Å². The molecule has 0 spiro atoms. The standard InChI is InChI=1S/C10H5F4N3/c11-9-6-8(10(12,13)14)4-3-7(9)2-1-5-16-17-15/h3-4,6H,5H2. The highest BCUT2D eigenvalue weighted by atomic mass is 19.4. The Morgan fingerprint density at radius 3 is 2.59 bits per heavy atom. The number of alkyl halides is 3. The summed E-state index contributed by atoms with van der Waals surface area (Å²) in [5.41, 5.74) is 6.69. The van der Waals surface area contributed by atoms with Gasteiger partial charge in [0.15, 0.2) is 0 Å². The van der Waals surface area contributed by atoms with Crippen LogP contribution in [0.25, 0.3) is 10.4 Å². The fraction of sp³-hybridized carbons (Fsp3) is 0.200. The number of benzene rings is 1. The van der Waals surface area contributed by atoms with Crippen molar-refractivity contribution in [2.75, 3.05) is 6.54 Å². The van der Waals surface area contributed by atoms with E-state index in [0.29, 0.717) is 6.07 Å². The predicted octanol–water partition coefficient (Wildman–Crippen LogP) is 3.51. The van der Waals surface area contributed by atoms with Gasteiger partial charge in [0.25, 0.3) is 0 Å². The van der Waals surface area contributed by atoms with Crippen LogP contribution >= 0.6 is 0 Å². The molecule has 88 valence electrons. The molecule has 0 atom stereocenters. The summed E-state index contributed by atoms with van der Waals surface area (Å²) in [6.45, 7) is -0.170. The van der Waals surface area contributed by atoms with Crippen molar-refractivity contribution in [1.29, 1.82) is 0 Å². The van der Waals surface area contributed by atoms with Crippen LogP contribution in [0.1, 0.15) is 11.1 Å². The molecule has 1 aromatic carbocycles. The van der Waals surface area contributed by atoms with Crippen molar-refractivity contribution in [3.63, 3.8) is 0 Å². The molecular weight excluding hydrogens is 238 g/mol. The van der Waals surface area contributed by atoms with Gasteiger partial charge in [0, 0.05) is 4.91 Å². The van der Waals surface area contributed by atoms with E-state index in [9.17, 15) is 17.6 Å². The van der Waals surface area contributed by atoms with Gasteiger partial charge in [0.1, 0.15) is 5.82 Å². The second kappa shape index (κ2) is 5.23. The quantitative estimate of drug-likeness (QED) is 0.238. The lowest BCUT2D eigenvalue weighted by Gasteiger charge is -2.06. The number of halogens is 4. The maximum absolute atomic E-state index is 13.2. The van der Waals surface area contributed by atoms with Crippen LogP contribution in [0, 0.1) is 17.7 Å². The van der Waals surface area contributed by atoms with Crippen LogP contribution in [0.2, 0.25) is 0 Å². The Morgan fingerprint density at radius 1 is 1.35 bits per heavy atom. The monoisotopic (exact) mass is 243 g/mol. The molecule has 7 heteroatoms. The molecule has 0 saturated carbocycles. The van der Waals surface area contributed by atoms with Gasteiger partial charge in [-0.25, -0.2) is 4.39 Å². The lowest BCUT2D eigenvalue weighted by Crippen LogP contribution is -2.05. The normalized spacial score (nSPS) is 10.1. The molecule has 0 unspecified atom stereocenters. The second-order valence-electron chi connectivity index (χ2n) is 2.88. The summed E-state index contributed by atoms with van der Waals surface area (Å²) >= 11 is 0. The van der Waals surface area contributed by atoms with Gasteiger partial charge in [0.05, 0.1) is 17.7 Å². The average Bonchev–Trinajstić information content (AvgIpc) is 2.24. The third-order valence-electron chi connectivity index (χ3n) is 1.73. The minimum atomic E-state index is -4.59. The molecule has 1 aromatic rings. The van der Waals surface area contributed by atoms with E-state index in [1.165, 1.54) is 0 Å². The predicted molar refractivity (Wildman–Crippen MR) is 52.3 cm³/mol. The van der Waals surface area contributed by atoms with Crippen LogP contribution in [0.3, 0.4) is 0 Å². The maximum Gasteiger partial charge on any atom is 0.416 e. The van der Waals surface area contributed by atoms with Gasteiger partial charge in [-0.3, -0.25) is 0 Å². The Kier molecular flexibility index (Phi) is 3.96. The zero-order chi connectivity index (χ0) is 12.9. The Morgan fingerprint density at radius 2 is 2.06 bits per heavy atom. The van der Waals surface area contributed by atoms with Gasteiger partial charge in [-0.05, 0) is 23.7 Å². The van der Waals surface area contributed by atoms with E-state index in [4.69, 9.17) is 5.53 Å². The minimum absolute atomic E-state index is 0.170. The van der Waals surface area contributed by atoms with E-state index in [-0.39, 0.29) is 12.1 Å². The Balaban J connectivity index is 2.97. The molecule has 0 aliphatic rings. The summed E-state index contributed by atoms with van der Waals surface area (Å²) in [7, 11) is 0. The van der Waals surface area contributed by atoms with Gasteiger partial charge in [-0.15, -0.1) is 0 Å². The molecule has 1 rings (SSSR count). The number of azide groups is 1. The molecule has 0 aliphatic carbocycles. The Bertz CT molecular complexity index is 519. The van der Waals surface area contributed by atoms with Crippen molar-refractivity contribution in [3.05, 3.63) is 45.6 Å². The van der Waals surface area contributed by atoms with Crippen molar-refractivity contribution in [2.45, 2.75) is 6.18 Å². The third kappa shape index (κ3) is 3.70. The first-order valence-corrected chi connectivity index (χ1v) is 4.31. The van der Waals surface area contributed by atoms with E-state index in [1.807, 2.05) is 0 Å². The van der Waals surface area contributed by atoms with Crippen LogP contribution in [-0.4, -0.2) is 6.54 Å². The minimum Gasteiger partial charge on any atom is -0.206 e. The summed E-state index contributed by atoms with van der Waals surface area (Å²) in [5.74, 6) is 3.52. The van der Waals surface area contributed by atoms with Crippen LogP contribution in [0.15, 0.2) is 23.3 Å². The molecule has 0 radical (unpaired) electrons. The molecular formula is C10H5F4N3. The Labute approximate surface area is 93.7 Å². The van der Waals surface area contributed by atoms with E-state index in [0.717, 1.165) is 12.1 Å². The smallest absolute Gasteiger partial charge is 0.206 e. The molecule has 0 saturated heterocycles. The molecule has 0 aliphatic heterocycles. The molecule has 0 heterocycles. The molecule has 3 nitrogen and oxygen atoms in total. The van der Waals surface area contributed by atoms with Gasteiger partial charge in [-0.1, -0.05) is 17.0 Å². The summed E-state index contributed by atoms with van der Waals surface area (Å²) < 4.78 is 49.8. The van der Waals surface area contributed by atoms with Crippen molar-refractivity contribution < 1.29 is 17.6 Å². The highest BCUT2D eigenvalue weighted by molar-refractivity contribution is 5.38. The first-order chi connectivity index (χ1) is 7.95. The summed E-state index contributed by atoms with van der Waals surface area (Å²) in [6, 6.07) is 2.04. The topological polar surface area (TPSA) is 48.8 Å². The SMILES string of the molecule is [N-]=[N+]=NCC#Cc1ccc(C(F)(F)F)cc1F. The molecule has 17 heavy (non-hydrogen) atoms. The number of hydrogen-bond donors (Lipinski definition) is 0. The number of nitrogens with zero attached hydrogens (tertiary/aromatic N) is 3. The second-order valence-corrected chi connectivity index (χ2v) is 2.88. The zero-order valence-corrected chi connectivity index (χ0v) is 8.29. The third-order valence-corrected chi connectivity index (χ3v) is 1.73. The van der Waals surface area contributed by atoms with Crippen LogP contribution in [-0.2, 0) is 6.18 Å². The van der Waals surface area contributed by atoms with Gasteiger partial charge >= 0.3 is 6.18 Å².